The van der Waals surface area contributed by atoms with Gasteiger partial charge in [-0.3, -0.25) is 0 Å². The van der Waals surface area contributed by atoms with Crippen LogP contribution < -0.4 is 10.2 Å². The zero-order valence-corrected chi connectivity index (χ0v) is 12.2. The number of rotatable bonds is 3. The van der Waals surface area contributed by atoms with Crippen molar-refractivity contribution in [2.75, 3.05) is 43.1 Å². The van der Waals surface area contributed by atoms with Crippen LogP contribution in [0.3, 0.4) is 0 Å². The highest BCUT2D eigenvalue weighted by atomic mass is 16.5. The lowest BCUT2D eigenvalue weighted by Crippen LogP contribution is -2.37. The fourth-order valence-electron chi connectivity index (χ4n) is 3.02. The Labute approximate surface area is 121 Å². The summed E-state index contributed by atoms with van der Waals surface area (Å²) < 4.78 is 11.1. The van der Waals surface area contributed by atoms with E-state index >= 15 is 0 Å². The molecular formula is C16H24N2O2. The fraction of sp³-hybridized carbons (Fsp3) is 0.625. The van der Waals surface area contributed by atoms with Gasteiger partial charge < -0.3 is 19.7 Å². The molecule has 2 aliphatic rings. The van der Waals surface area contributed by atoms with E-state index in [4.69, 9.17) is 9.47 Å². The molecule has 0 amide bonds. The van der Waals surface area contributed by atoms with E-state index in [9.17, 15) is 0 Å². The molecule has 2 fully saturated rings. The van der Waals surface area contributed by atoms with Gasteiger partial charge in [0.2, 0.25) is 0 Å². The lowest BCUT2D eigenvalue weighted by atomic mass is 10.0. The summed E-state index contributed by atoms with van der Waals surface area (Å²) in [5.41, 5.74) is 2.54. The van der Waals surface area contributed by atoms with Gasteiger partial charge >= 0.3 is 0 Å². The van der Waals surface area contributed by atoms with Crippen LogP contribution in [0.1, 0.15) is 19.8 Å². The Bertz CT molecular complexity index is 432. The van der Waals surface area contributed by atoms with E-state index in [0.29, 0.717) is 12.1 Å². The third-order valence-corrected chi connectivity index (χ3v) is 4.10. The Morgan fingerprint density at radius 2 is 1.95 bits per heavy atom. The van der Waals surface area contributed by atoms with Gasteiger partial charge in [0.25, 0.3) is 0 Å². The minimum atomic E-state index is 0.358. The number of hydrogen-bond donors (Lipinski definition) is 1. The molecule has 4 nitrogen and oxygen atoms in total. The van der Waals surface area contributed by atoms with Crippen molar-refractivity contribution in [1.82, 2.24) is 0 Å². The highest BCUT2D eigenvalue weighted by Crippen LogP contribution is 2.28. The average molecular weight is 276 g/mol. The Hall–Kier alpha value is -1.26. The smallest absolute Gasteiger partial charge is 0.0642 e. The largest absolute Gasteiger partial charge is 0.380 e. The van der Waals surface area contributed by atoms with Gasteiger partial charge in [-0.15, -0.1) is 0 Å². The zero-order valence-electron chi connectivity index (χ0n) is 12.2. The maximum atomic E-state index is 5.63. The molecule has 4 heteroatoms. The molecule has 2 atom stereocenters. The van der Waals surface area contributed by atoms with Crippen molar-refractivity contribution >= 4 is 11.4 Å². The number of para-hydroxylation sites is 2. The van der Waals surface area contributed by atoms with Gasteiger partial charge in [0.1, 0.15) is 0 Å². The quantitative estimate of drug-likeness (QED) is 0.919. The third kappa shape index (κ3) is 3.25. The van der Waals surface area contributed by atoms with E-state index in [2.05, 4.69) is 41.4 Å². The number of morpholine rings is 1. The van der Waals surface area contributed by atoms with Gasteiger partial charge in [0, 0.05) is 25.7 Å². The maximum Gasteiger partial charge on any atom is 0.0642 e. The molecule has 20 heavy (non-hydrogen) atoms. The SMILES string of the molecule is CC1CC(Nc2ccccc2N2CCOCC2)CCO1. The van der Waals surface area contributed by atoms with Crippen molar-refractivity contribution in [3.63, 3.8) is 0 Å². The Balaban J connectivity index is 1.71. The molecule has 1 aromatic carbocycles. The Morgan fingerprint density at radius 1 is 1.15 bits per heavy atom. The molecule has 0 bridgehead atoms. The van der Waals surface area contributed by atoms with Crippen LogP contribution in [0.15, 0.2) is 24.3 Å². The first-order valence-electron chi connectivity index (χ1n) is 7.63. The fourth-order valence-corrected chi connectivity index (χ4v) is 3.02. The predicted octanol–water partition coefficient (Wildman–Crippen LogP) is 2.50. The molecule has 110 valence electrons. The van der Waals surface area contributed by atoms with Gasteiger partial charge in [-0.2, -0.15) is 0 Å². The van der Waals surface area contributed by atoms with Crippen LogP contribution in [0.4, 0.5) is 11.4 Å². The normalized spacial score (nSPS) is 27.4. The highest BCUT2D eigenvalue weighted by Gasteiger charge is 2.21. The van der Waals surface area contributed by atoms with Gasteiger partial charge in [0.15, 0.2) is 0 Å². The minimum Gasteiger partial charge on any atom is -0.380 e. The van der Waals surface area contributed by atoms with Crippen LogP contribution in [0.2, 0.25) is 0 Å². The number of ether oxygens (including phenoxy) is 2. The first-order chi connectivity index (χ1) is 9.83. The van der Waals surface area contributed by atoms with Gasteiger partial charge in [-0.1, -0.05) is 12.1 Å². The lowest BCUT2D eigenvalue weighted by Gasteiger charge is -2.33. The standard InChI is InChI=1S/C16H24N2O2/c1-13-12-14(6-9-20-13)17-15-4-2-3-5-16(15)18-7-10-19-11-8-18/h2-5,13-14,17H,6-12H2,1H3. The molecule has 2 aliphatic heterocycles. The molecular weight excluding hydrogens is 252 g/mol. The van der Waals surface area contributed by atoms with Crippen molar-refractivity contribution < 1.29 is 9.47 Å². The number of nitrogens with zero attached hydrogens (tertiary/aromatic N) is 1. The van der Waals surface area contributed by atoms with Crippen molar-refractivity contribution in [2.45, 2.75) is 31.9 Å². The van der Waals surface area contributed by atoms with Crippen LogP contribution in [0, 0.1) is 0 Å². The molecule has 0 spiro atoms. The average Bonchev–Trinajstić information content (AvgIpc) is 2.49. The van der Waals surface area contributed by atoms with Gasteiger partial charge in [-0.05, 0) is 31.9 Å². The second-order valence-electron chi connectivity index (χ2n) is 5.66. The summed E-state index contributed by atoms with van der Waals surface area (Å²) >= 11 is 0. The first-order valence-corrected chi connectivity index (χ1v) is 7.63. The molecule has 3 rings (SSSR count). The van der Waals surface area contributed by atoms with Crippen molar-refractivity contribution in [1.29, 1.82) is 0 Å². The molecule has 0 aromatic heterocycles. The monoisotopic (exact) mass is 276 g/mol. The van der Waals surface area contributed by atoms with E-state index in [1.54, 1.807) is 0 Å². The second-order valence-corrected chi connectivity index (χ2v) is 5.66. The molecule has 1 aromatic rings. The molecule has 0 radical (unpaired) electrons. The number of nitrogens with one attached hydrogen (secondary N) is 1. The molecule has 2 saturated heterocycles. The summed E-state index contributed by atoms with van der Waals surface area (Å²) in [7, 11) is 0. The number of hydrogen-bond acceptors (Lipinski definition) is 4. The minimum absolute atomic E-state index is 0.358. The molecule has 1 N–H and O–H groups in total. The molecule has 2 heterocycles. The van der Waals surface area contributed by atoms with Crippen molar-refractivity contribution in [2.24, 2.45) is 0 Å². The summed E-state index contributed by atoms with van der Waals surface area (Å²) in [5, 5.41) is 3.71. The lowest BCUT2D eigenvalue weighted by molar-refractivity contribution is 0.0232. The van der Waals surface area contributed by atoms with Crippen LogP contribution in [0.5, 0.6) is 0 Å². The van der Waals surface area contributed by atoms with Crippen molar-refractivity contribution in [3.8, 4) is 0 Å². The zero-order chi connectivity index (χ0) is 13.8. The summed E-state index contributed by atoms with van der Waals surface area (Å²) in [4.78, 5) is 2.41. The van der Waals surface area contributed by atoms with Crippen LogP contribution >= 0.6 is 0 Å². The third-order valence-electron chi connectivity index (χ3n) is 4.10. The van der Waals surface area contributed by atoms with Crippen LogP contribution in [-0.2, 0) is 9.47 Å². The summed E-state index contributed by atoms with van der Waals surface area (Å²) in [5.74, 6) is 0. The van der Waals surface area contributed by atoms with Crippen LogP contribution in [0.25, 0.3) is 0 Å². The molecule has 0 aliphatic carbocycles. The first kappa shape index (κ1) is 13.7. The molecule has 2 unspecified atom stereocenters. The van der Waals surface area contributed by atoms with Gasteiger partial charge in [-0.25, -0.2) is 0 Å². The predicted molar refractivity (Wildman–Crippen MR) is 81.5 cm³/mol. The Morgan fingerprint density at radius 3 is 2.75 bits per heavy atom. The van der Waals surface area contributed by atoms with Crippen molar-refractivity contribution in [3.05, 3.63) is 24.3 Å². The topological polar surface area (TPSA) is 33.7 Å². The summed E-state index contributed by atoms with van der Waals surface area (Å²) in [6, 6.07) is 9.12. The summed E-state index contributed by atoms with van der Waals surface area (Å²) in [6.07, 6.45) is 2.52. The maximum absolute atomic E-state index is 5.63. The van der Waals surface area contributed by atoms with E-state index in [1.165, 1.54) is 11.4 Å². The summed E-state index contributed by atoms with van der Waals surface area (Å²) in [6.45, 7) is 6.61. The Kier molecular flexibility index (Phi) is 4.43. The second kappa shape index (κ2) is 6.46. The van der Waals surface area contributed by atoms with E-state index in [1.807, 2.05) is 0 Å². The number of anilines is 2. The van der Waals surface area contributed by atoms with E-state index in [0.717, 1.165) is 45.8 Å². The van der Waals surface area contributed by atoms with E-state index in [-0.39, 0.29) is 0 Å². The molecule has 0 saturated carbocycles. The van der Waals surface area contributed by atoms with Crippen LogP contribution in [-0.4, -0.2) is 45.1 Å². The van der Waals surface area contributed by atoms with Gasteiger partial charge in [0.05, 0.1) is 30.7 Å². The van der Waals surface area contributed by atoms with E-state index < -0.39 is 0 Å². The highest BCUT2D eigenvalue weighted by molar-refractivity contribution is 5.70. The number of benzene rings is 1.